The normalized spacial score (nSPS) is 10.2. The standard InChI is InChI=1S/C24H23N3O2S/c1-15-9-11-20(16(2)13-15)23(29)27-24(30)25-19-10-12-21(17(3)14-19)26-22(28)18-7-5-4-6-8-18/h4-14H,1-3H3,(H,26,28)(H2,25,27,29,30). The zero-order chi connectivity index (χ0) is 21.7. The van der Waals surface area contributed by atoms with Crippen molar-refractivity contribution in [3.8, 4) is 0 Å². The van der Waals surface area contributed by atoms with Crippen molar-refractivity contribution in [1.29, 1.82) is 0 Å². The van der Waals surface area contributed by atoms with Crippen LogP contribution >= 0.6 is 12.2 Å². The number of carbonyl (C=O) groups excluding carboxylic acids is 2. The van der Waals surface area contributed by atoms with Crippen LogP contribution in [0.2, 0.25) is 0 Å². The Kier molecular flexibility index (Phi) is 6.59. The molecule has 3 N–H and O–H groups in total. The predicted molar refractivity (Wildman–Crippen MR) is 125 cm³/mol. The Labute approximate surface area is 181 Å². The van der Waals surface area contributed by atoms with Gasteiger partial charge >= 0.3 is 0 Å². The van der Waals surface area contributed by atoms with E-state index in [2.05, 4.69) is 16.0 Å². The zero-order valence-corrected chi connectivity index (χ0v) is 17.9. The Balaban J connectivity index is 1.63. The summed E-state index contributed by atoms with van der Waals surface area (Å²) in [5.41, 5.74) is 5.46. The van der Waals surface area contributed by atoms with Crippen LogP contribution < -0.4 is 16.0 Å². The average molecular weight is 418 g/mol. The van der Waals surface area contributed by atoms with Crippen molar-refractivity contribution in [2.24, 2.45) is 0 Å². The molecule has 5 nitrogen and oxygen atoms in total. The molecule has 0 unspecified atom stereocenters. The molecule has 0 saturated heterocycles. The molecule has 3 aromatic carbocycles. The van der Waals surface area contributed by atoms with Gasteiger partial charge in [-0.25, -0.2) is 0 Å². The SMILES string of the molecule is Cc1ccc(C(=O)NC(=S)Nc2ccc(NC(=O)c3ccccc3)c(C)c2)c(C)c1. The van der Waals surface area contributed by atoms with E-state index in [0.717, 1.165) is 22.4 Å². The van der Waals surface area contributed by atoms with Gasteiger partial charge in [-0.1, -0.05) is 35.9 Å². The first-order chi connectivity index (χ1) is 14.3. The summed E-state index contributed by atoms with van der Waals surface area (Å²) in [7, 11) is 0. The van der Waals surface area contributed by atoms with E-state index in [1.807, 2.05) is 57.2 Å². The van der Waals surface area contributed by atoms with Gasteiger partial charge in [0.1, 0.15) is 0 Å². The molecule has 2 amide bonds. The molecule has 0 aliphatic carbocycles. The maximum absolute atomic E-state index is 12.5. The summed E-state index contributed by atoms with van der Waals surface area (Å²) in [6.45, 7) is 5.77. The third-order valence-corrected chi connectivity index (χ3v) is 4.83. The number of hydrogen-bond donors (Lipinski definition) is 3. The number of hydrogen-bond acceptors (Lipinski definition) is 3. The molecule has 6 heteroatoms. The minimum absolute atomic E-state index is 0.171. The van der Waals surface area contributed by atoms with Gasteiger partial charge in [0, 0.05) is 22.5 Å². The first-order valence-corrected chi connectivity index (χ1v) is 9.91. The number of aryl methyl sites for hydroxylation is 3. The van der Waals surface area contributed by atoms with Gasteiger partial charge in [-0.2, -0.15) is 0 Å². The van der Waals surface area contributed by atoms with E-state index in [1.165, 1.54) is 0 Å². The van der Waals surface area contributed by atoms with Gasteiger partial charge in [0.15, 0.2) is 5.11 Å². The number of rotatable bonds is 4. The number of amides is 2. The summed E-state index contributed by atoms with van der Waals surface area (Å²) in [6, 6.07) is 20.1. The van der Waals surface area contributed by atoms with E-state index in [-0.39, 0.29) is 16.9 Å². The largest absolute Gasteiger partial charge is 0.332 e. The van der Waals surface area contributed by atoms with Gasteiger partial charge in [0.05, 0.1) is 0 Å². The maximum Gasteiger partial charge on any atom is 0.257 e. The van der Waals surface area contributed by atoms with E-state index in [9.17, 15) is 9.59 Å². The van der Waals surface area contributed by atoms with Crippen LogP contribution in [0.4, 0.5) is 11.4 Å². The predicted octanol–water partition coefficient (Wildman–Crippen LogP) is 4.99. The fraction of sp³-hybridized carbons (Fsp3) is 0.125. The molecule has 0 radical (unpaired) electrons. The van der Waals surface area contributed by atoms with Gasteiger partial charge in [-0.15, -0.1) is 0 Å². The summed E-state index contributed by atoms with van der Waals surface area (Å²) >= 11 is 5.28. The minimum Gasteiger partial charge on any atom is -0.332 e. The lowest BCUT2D eigenvalue weighted by Crippen LogP contribution is -2.34. The highest BCUT2D eigenvalue weighted by atomic mass is 32.1. The highest BCUT2D eigenvalue weighted by molar-refractivity contribution is 7.80. The Bertz CT molecular complexity index is 1110. The molecule has 0 fully saturated rings. The molecular weight excluding hydrogens is 394 g/mol. The third kappa shape index (κ3) is 5.30. The number of anilines is 2. The third-order valence-electron chi connectivity index (χ3n) is 4.62. The van der Waals surface area contributed by atoms with Crippen LogP contribution in [-0.4, -0.2) is 16.9 Å². The van der Waals surface area contributed by atoms with Crippen molar-refractivity contribution in [2.45, 2.75) is 20.8 Å². The van der Waals surface area contributed by atoms with Gasteiger partial charge in [0.2, 0.25) is 0 Å². The minimum atomic E-state index is -0.256. The molecule has 0 spiro atoms. The van der Waals surface area contributed by atoms with Gasteiger partial charge in [-0.3, -0.25) is 14.9 Å². The molecule has 0 heterocycles. The summed E-state index contributed by atoms with van der Waals surface area (Å²) < 4.78 is 0. The fourth-order valence-electron chi connectivity index (χ4n) is 3.07. The van der Waals surface area contributed by atoms with Crippen LogP contribution in [0.25, 0.3) is 0 Å². The molecule has 3 aromatic rings. The van der Waals surface area contributed by atoms with E-state index in [1.54, 1.807) is 30.3 Å². The summed E-state index contributed by atoms with van der Waals surface area (Å²) in [5, 5.41) is 8.83. The smallest absolute Gasteiger partial charge is 0.257 e. The quantitative estimate of drug-likeness (QED) is 0.523. The second-order valence-corrected chi connectivity index (χ2v) is 7.48. The number of benzene rings is 3. The lowest BCUT2D eigenvalue weighted by atomic mass is 10.1. The second kappa shape index (κ2) is 9.33. The van der Waals surface area contributed by atoms with Crippen LogP contribution in [0.3, 0.4) is 0 Å². The molecule has 0 aliphatic heterocycles. The van der Waals surface area contributed by atoms with E-state index < -0.39 is 0 Å². The molecule has 3 rings (SSSR count). The van der Waals surface area contributed by atoms with Crippen LogP contribution in [0.1, 0.15) is 37.4 Å². The van der Waals surface area contributed by atoms with Crippen molar-refractivity contribution in [3.63, 3.8) is 0 Å². The van der Waals surface area contributed by atoms with Crippen LogP contribution in [0.5, 0.6) is 0 Å². The van der Waals surface area contributed by atoms with E-state index in [4.69, 9.17) is 12.2 Å². The summed E-state index contributed by atoms with van der Waals surface area (Å²) in [5.74, 6) is -0.427. The monoisotopic (exact) mass is 417 g/mol. The number of thiocarbonyl (C=S) groups is 1. The van der Waals surface area contributed by atoms with Crippen molar-refractivity contribution < 1.29 is 9.59 Å². The lowest BCUT2D eigenvalue weighted by Gasteiger charge is -2.13. The van der Waals surface area contributed by atoms with Gasteiger partial charge in [0.25, 0.3) is 11.8 Å². The molecule has 0 aromatic heterocycles. The maximum atomic E-state index is 12.5. The highest BCUT2D eigenvalue weighted by Gasteiger charge is 2.12. The molecule has 30 heavy (non-hydrogen) atoms. The molecule has 0 saturated carbocycles. The lowest BCUT2D eigenvalue weighted by molar-refractivity contribution is 0.0975. The van der Waals surface area contributed by atoms with E-state index in [0.29, 0.717) is 16.8 Å². The molecule has 0 bridgehead atoms. The molecule has 152 valence electrons. The number of nitrogens with one attached hydrogen (secondary N) is 3. The van der Waals surface area contributed by atoms with Gasteiger partial charge < -0.3 is 10.6 Å². The van der Waals surface area contributed by atoms with Crippen LogP contribution in [-0.2, 0) is 0 Å². The zero-order valence-electron chi connectivity index (χ0n) is 17.1. The molecule has 0 atom stereocenters. The van der Waals surface area contributed by atoms with Gasteiger partial charge in [-0.05, 0) is 80.5 Å². The van der Waals surface area contributed by atoms with Crippen LogP contribution in [0, 0.1) is 20.8 Å². The average Bonchev–Trinajstić information content (AvgIpc) is 2.70. The van der Waals surface area contributed by atoms with Crippen molar-refractivity contribution >= 4 is 40.5 Å². The Morgan fingerprint density at radius 1 is 0.767 bits per heavy atom. The summed E-state index contributed by atoms with van der Waals surface area (Å²) in [6.07, 6.45) is 0. The Hall–Kier alpha value is -3.51. The molecule has 0 aliphatic rings. The van der Waals surface area contributed by atoms with Crippen molar-refractivity contribution in [3.05, 3.63) is 94.5 Å². The number of carbonyl (C=O) groups is 2. The topological polar surface area (TPSA) is 70.2 Å². The van der Waals surface area contributed by atoms with Crippen LogP contribution in [0.15, 0.2) is 66.7 Å². The highest BCUT2D eigenvalue weighted by Crippen LogP contribution is 2.20. The summed E-state index contributed by atoms with van der Waals surface area (Å²) in [4.78, 5) is 24.8. The second-order valence-electron chi connectivity index (χ2n) is 7.08. The van der Waals surface area contributed by atoms with E-state index >= 15 is 0 Å². The first-order valence-electron chi connectivity index (χ1n) is 9.50. The fourth-order valence-corrected chi connectivity index (χ4v) is 3.28. The first kappa shape index (κ1) is 21.2. The Morgan fingerprint density at radius 2 is 1.50 bits per heavy atom. The Morgan fingerprint density at radius 3 is 2.17 bits per heavy atom. The molecular formula is C24H23N3O2S. The van der Waals surface area contributed by atoms with Crippen molar-refractivity contribution in [1.82, 2.24) is 5.32 Å². The van der Waals surface area contributed by atoms with Crippen molar-refractivity contribution in [2.75, 3.05) is 10.6 Å².